The molecular weight excluding hydrogens is 318 g/mol. The van der Waals surface area contributed by atoms with E-state index in [-0.39, 0.29) is 6.03 Å². The summed E-state index contributed by atoms with van der Waals surface area (Å²) in [6, 6.07) is 16.4. The SMILES string of the molecule is N#Cc1ccc(Br)cc1NC(=O)NCc1ccccc1. The summed E-state index contributed by atoms with van der Waals surface area (Å²) in [5, 5.41) is 14.4. The number of hydrogen-bond acceptors (Lipinski definition) is 2. The van der Waals surface area contributed by atoms with Crippen molar-refractivity contribution < 1.29 is 4.79 Å². The molecule has 0 aromatic heterocycles. The van der Waals surface area contributed by atoms with Crippen molar-refractivity contribution in [2.45, 2.75) is 6.54 Å². The van der Waals surface area contributed by atoms with E-state index in [0.29, 0.717) is 17.8 Å². The summed E-state index contributed by atoms with van der Waals surface area (Å²) in [6.07, 6.45) is 0. The van der Waals surface area contributed by atoms with E-state index in [1.54, 1.807) is 18.2 Å². The Kier molecular flexibility index (Phi) is 4.75. The zero-order valence-electron chi connectivity index (χ0n) is 10.6. The molecule has 100 valence electrons. The van der Waals surface area contributed by atoms with E-state index in [1.165, 1.54) is 0 Å². The van der Waals surface area contributed by atoms with Gasteiger partial charge in [0.2, 0.25) is 0 Å². The van der Waals surface area contributed by atoms with Crippen molar-refractivity contribution in [3.8, 4) is 6.07 Å². The average molecular weight is 330 g/mol. The molecule has 0 bridgehead atoms. The van der Waals surface area contributed by atoms with Gasteiger partial charge in [-0.1, -0.05) is 46.3 Å². The van der Waals surface area contributed by atoms with Gasteiger partial charge < -0.3 is 10.6 Å². The summed E-state index contributed by atoms with van der Waals surface area (Å²) in [6.45, 7) is 0.433. The molecule has 2 amide bonds. The third-order valence-corrected chi connectivity index (χ3v) is 3.14. The maximum atomic E-state index is 11.8. The maximum absolute atomic E-state index is 11.8. The first kappa shape index (κ1) is 14.1. The highest BCUT2D eigenvalue weighted by molar-refractivity contribution is 9.10. The Morgan fingerprint density at radius 1 is 1.20 bits per heavy atom. The minimum absolute atomic E-state index is 0.344. The molecule has 0 heterocycles. The number of nitrogens with one attached hydrogen (secondary N) is 2. The lowest BCUT2D eigenvalue weighted by molar-refractivity contribution is 0.251. The second-order valence-corrected chi connectivity index (χ2v) is 5.01. The molecule has 0 fully saturated rings. The Bertz CT molecular complexity index is 650. The fraction of sp³-hybridized carbons (Fsp3) is 0.0667. The lowest BCUT2D eigenvalue weighted by atomic mass is 10.2. The van der Waals surface area contributed by atoms with Crippen molar-refractivity contribution in [2.75, 3.05) is 5.32 Å². The third-order valence-electron chi connectivity index (χ3n) is 2.65. The molecule has 0 atom stereocenters. The van der Waals surface area contributed by atoms with Crippen LogP contribution in [0.1, 0.15) is 11.1 Å². The molecule has 0 aliphatic carbocycles. The first-order chi connectivity index (χ1) is 9.69. The van der Waals surface area contributed by atoms with Gasteiger partial charge in [-0.15, -0.1) is 0 Å². The van der Waals surface area contributed by atoms with Crippen LogP contribution in [-0.4, -0.2) is 6.03 Å². The van der Waals surface area contributed by atoms with E-state index in [2.05, 4.69) is 26.6 Å². The van der Waals surface area contributed by atoms with Gasteiger partial charge in [-0.2, -0.15) is 5.26 Å². The Morgan fingerprint density at radius 2 is 1.95 bits per heavy atom. The molecule has 0 radical (unpaired) electrons. The molecule has 2 N–H and O–H groups in total. The summed E-state index contributed by atoms with van der Waals surface area (Å²) >= 11 is 3.31. The van der Waals surface area contributed by atoms with E-state index in [0.717, 1.165) is 10.0 Å². The number of nitriles is 1. The Labute approximate surface area is 125 Å². The molecule has 2 aromatic rings. The van der Waals surface area contributed by atoms with Crippen molar-refractivity contribution >= 4 is 27.6 Å². The largest absolute Gasteiger partial charge is 0.334 e. The van der Waals surface area contributed by atoms with Crippen LogP contribution in [0.4, 0.5) is 10.5 Å². The average Bonchev–Trinajstić information content (AvgIpc) is 2.46. The van der Waals surface area contributed by atoms with Gasteiger partial charge >= 0.3 is 6.03 Å². The van der Waals surface area contributed by atoms with Crippen molar-refractivity contribution in [3.63, 3.8) is 0 Å². The zero-order valence-corrected chi connectivity index (χ0v) is 12.1. The molecule has 0 saturated carbocycles. The summed E-state index contributed by atoms with van der Waals surface area (Å²) in [7, 11) is 0. The number of carbonyl (C=O) groups is 1. The van der Waals surface area contributed by atoms with E-state index in [4.69, 9.17) is 5.26 Å². The summed E-state index contributed by atoms with van der Waals surface area (Å²) in [4.78, 5) is 11.8. The van der Waals surface area contributed by atoms with Gasteiger partial charge in [0.1, 0.15) is 6.07 Å². The van der Waals surface area contributed by atoms with E-state index in [1.807, 2.05) is 36.4 Å². The smallest absolute Gasteiger partial charge is 0.319 e. The molecule has 0 aliphatic heterocycles. The monoisotopic (exact) mass is 329 g/mol. The summed E-state index contributed by atoms with van der Waals surface area (Å²) < 4.78 is 0.801. The highest BCUT2D eigenvalue weighted by Crippen LogP contribution is 2.20. The fourth-order valence-corrected chi connectivity index (χ4v) is 2.02. The predicted molar refractivity (Wildman–Crippen MR) is 81.2 cm³/mol. The molecule has 0 aliphatic rings. The number of benzene rings is 2. The number of nitrogens with zero attached hydrogens (tertiary/aromatic N) is 1. The van der Waals surface area contributed by atoms with Gasteiger partial charge in [0.05, 0.1) is 11.3 Å². The number of halogens is 1. The predicted octanol–water partition coefficient (Wildman–Crippen LogP) is 3.64. The van der Waals surface area contributed by atoms with Crippen LogP contribution in [0.15, 0.2) is 53.0 Å². The Morgan fingerprint density at radius 3 is 2.65 bits per heavy atom. The van der Waals surface area contributed by atoms with E-state index >= 15 is 0 Å². The minimum Gasteiger partial charge on any atom is -0.334 e. The third kappa shape index (κ3) is 3.84. The van der Waals surface area contributed by atoms with Gasteiger partial charge in [-0.3, -0.25) is 0 Å². The minimum atomic E-state index is -0.344. The second kappa shape index (κ2) is 6.73. The highest BCUT2D eigenvalue weighted by Gasteiger charge is 2.07. The van der Waals surface area contributed by atoms with Crippen LogP contribution in [0.25, 0.3) is 0 Å². The van der Waals surface area contributed by atoms with Crippen LogP contribution in [-0.2, 0) is 6.54 Å². The molecule has 0 spiro atoms. The second-order valence-electron chi connectivity index (χ2n) is 4.09. The lowest BCUT2D eigenvalue weighted by Gasteiger charge is -2.09. The van der Waals surface area contributed by atoms with Gasteiger partial charge in [-0.25, -0.2) is 4.79 Å². The molecule has 0 unspecified atom stereocenters. The fourth-order valence-electron chi connectivity index (χ4n) is 1.66. The first-order valence-electron chi connectivity index (χ1n) is 5.97. The zero-order chi connectivity index (χ0) is 14.4. The van der Waals surface area contributed by atoms with Crippen molar-refractivity contribution in [1.29, 1.82) is 5.26 Å². The molecule has 2 aromatic carbocycles. The number of carbonyl (C=O) groups excluding carboxylic acids is 1. The normalized spacial score (nSPS) is 9.60. The first-order valence-corrected chi connectivity index (χ1v) is 6.77. The van der Waals surface area contributed by atoms with Gasteiger partial charge in [-0.05, 0) is 23.8 Å². The van der Waals surface area contributed by atoms with Crippen molar-refractivity contribution in [2.24, 2.45) is 0 Å². The number of urea groups is 1. The van der Waals surface area contributed by atoms with Crippen LogP contribution in [0.2, 0.25) is 0 Å². The highest BCUT2D eigenvalue weighted by atomic mass is 79.9. The van der Waals surface area contributed by atoms with Crippen LogP contribution in [0.5, 0.6) is 0 Å². The summed E-state index contributed by atoms with van der Waals surface area (Å²) in [5.41, 5.74) is 1.91. The van der Waals surface area contributed by atoms with E-state index in [9.17, 15) is 4.79 Å². The lowest BCUT2D eigenvalue weighted by Crippen LogP contribution is -2.28. The molecule has 2 rings (SSSR count). The van der Waals surface area contributed by atoms with Gasteiger partial charge in [0.25, 0.3) is 0 Å². The summed E-state index contributed by atoms with van der Waals surface area (Å²) in [5.74, 6) is 0. The van der Waals surface area contributed by atoms with Crippen LogP contribution < -0.4 is 10.6 Å². The van der Waals surface area contributed by atoms with Crippen LogP contribution in [0, 0.1) is 11.3 Å². The Hall–Kier alpha value is -2.32. The van der Waals surface area contributed by atoms with Crippen LogP contribution in [0.3, 0.4) is 0 Å². The van der Waals surface area contributed by atoms with Gasteiger partial charge in [0, 0.05) is 11.0 Å². The van der Waals surface area contributed by atoms with Gasteiger partial charge in [0.15, 0.2) is 0 Å². The van der Waals surface area contributed by atoms with Crippen molar-refractivity contribution in [1.82, 2.24) is 5.32 Å². The standard InChI is InChI=1S/C15H12BrN3O/c16-13-7-6-12(9-17)14(8-13)19-15(20)18-10-11-4-2-1-3-5-11/h1-8H,10H2,(H2,18,19,20). The molecule has 0 saturated heterocycles. The number of amides is 2. The number of hydrogen-bond donors (Lipinski definition) is 2. The Balaban J connectivity index is 1.98. The molecule has 20 heavy (non-hydrogen) atoms. The molecule has 4 nitrogen and oxygen atoms in total. The van der Waals surface area contributed by atoms with Crippen LogP contribution >= 0.6 is 15.9 Å². The topological polar surface area (TPSA) is 64.9 Å². The number of rotatable bonds is 3. The molecular formula is C15H12BrN3O. The van der Waals surface area contributed by atoms with E-state index < -0.39 is 0 Å². The van der Waals surface area contributed by atoms with Crippen molar-refractivity contribution in [3.05, 3.63) is 64.1 Å². The molecule has 5 heteroatoms. The maximum Gasteiger partial charge on any atom is 0.319 e. The number of anilines is 1. The quantitative estimate of drug-likeness (QED) is 0.902.